The standard InChI is InChI=1S/C41H46ClN3O9/c1-47-32-15-11-25(34-24-31(45-54-34)27-21-37(49-3)39(51-5)38(22-27)50-4)19-36(32)53-18-10-8-6-7-9-17-52-33-16-12-26(20-35(33)48-2)40-43-30-14-13-28(42)23-29(30)41(46)44-40/h11-16,19-23,34,40,43H,6-10,17-18,24H2,1-5H3,(H,44,46). The van der Waals surface area contributed by atoms with Crippen molar-refractivity contribution in [3.05, 3.63) is 94.0 Å². The lowest BCUT2D eigenvalue weighted by Crippen LogP contribution is -2.38. The van der Waals surface area contributed by atoms with Gasteiger partial charge in [-0.25, -0.2) is 0 Å². The number of anilines is 1. The molecular formula is C41H46ClN3O9. The number of oxime groups is 1. The number of unbranched alkanes of at least 4 members (excludes halogenated alkanes) is 4. The summed E-state index contributed by atoms with van der Waals surface area (Å²) < 4.78 is 39.9. The summed E-state index contributed by atoms with van der Waals surface area (Å²) in [6.45, 7) is 1.13. The highest BCUT2D eigenvalue weighted by molar-refractivity contribution is 6.31. The number of nitrogens with zero attached hydrogens (tertiary/aromatic N) is 1. The van der Waals surface area contributed by atoms with Gasteiger partial charge in [0.25, 0.3) is 5.91 Å². The molecule has 0 radical (unpaired) electrons. The maximum Gasteiger partial charge on any atom is 0.255 e. The first kappa shape index (κ1) is 38.2. The second-order valence-corrected chi connectivity index (χ2v) is 13.2. The van der Waals surface area contributed by atoms with E-state index in [-0.39, 0.29) is 12.0 Å². The number of rotatable bonds is 18. The Morgan fingerprint density at radius 1 is 0.667 bits per heavy atom. The zero-order chi connectivity index (χ0) is 38.0. The average Bonchev–Trinajstić information content (AvgIpc) is 3.70. The fourth-order valence-electron chi connectivity index (χ4n) is 6.46. The van der Waals surface area contributed by atoms with E-state index >= 15 is 0 Å². The molecule has 0 aliphatic carbocycles. The Morgan fingerprint density at radius 2 is 1.30 bits per heavy atom. The van der Waals surface area contributed by atoms with Crippen molar-refractivity contribution in [2.24, 2.45) is 5.16 Å². The molecule has 54 heavy (non-hydrogen) atoms. The van der Waals surface area contributed by atoms with Crippen LogP contribution in [-0.4, -0.2) is 60.4 Å². The molecule has 0 saturated carbocycles. The van der Waals surface area contributed by atoms with E-state index in [9.17, 15) is 4.79 Å². The quantitative estimate of drug-likeness (QED) is 0.0954. The molecule has 0 aromatic heterocycles. The molecule has 2 atom stereocenters. The summed E-state index contributed by atoms with van der Waals surface area (Å²) in [5.74, 6) is 4.05. The number of benzene rings is 4. The van der Waals surface area contributed by atoms with Crippen LogP contribution in [0.2, 0.25) is 5.02 Å². The van der Waals surface area contributed by atoms with Crippen LogP contribution in [0.3, 0.4) is 0 Å². The van der Waals surface area contributed by atoms with Crippen molar-refractivity contribution in [3.63, 3.8) is 0 Å². The van der Waals surface area contributed by atoms with Crippen LogP contribution < -0.4 is 43.8 Å². The lowest BCUT2D eigenvalue weighted by molar-refractivity contribution is 0.0854. The summed E-state index contributed by atoms with van der Waals surface area (Å²) >= 11 is 6.07. The largest absolute Gasteiger partial charge is 0.493 e. The van der Waals surface area contributed by atoms with Gasteiger partial charge in [-0.05, 0) is 78.6 Å². The van der Waals surface area contributed by atoms with Gasteiger partial charge < -0.3 is 48.6 Å². The number of hydrogen-bond acceptors (Lipinski definition) is 11. The van der Waals surface area contributed by atoms with Crippen LogP contribution in [0, 0.1) is 0 Å². The minimum atomic E-state index is -0.408. The number of amides is 1. The Labute approximate surface area is 320 Å². The summed E-state index contributed by atoms with van der Waals surface area (Å²) in [6.07, 6.45) is 4.79. The van der Waals surface area contributed by atoms with E-state index < -0.39 is 6.17 Å². The van der Waals surface area contributed by atoms with Gasteiger partial charge in [0.05, 0.1) is 60.0 Å². The summed E-state index contributed by atoms with van der Waals surface area (Å²) in [7, 11) is 7.99. The van der Waals surface area contributed by atoms with E-state index in [1.165, 1.54) is 0 Å². The number of ether oxygens (including phenoxy) is 7. The Morgan fingerprint density at radius 3 is 1.98 bits per heavy atom. The van der Waals surface area contributed by atoms with Gasteiger partial charge in [0, 0.05) is 22.7 Å². The minimum Gasteiger partial charge on any atom is -0.493 e. The van der Waals surface area contributed by atoms with Crippen LogP contribution in [0.5, 0.6) is 40.2 Å². The molecule has 0 spiro atoms. The average molecular weight is 760 g/mol. The zero-order valence-corrected chi connectivity index (χ0v) is 31.9. The first-order valence-electron chi connectivity index (χ1n) is 17.9. The normalized spacial score (nSPS) is 15.9. The lowest BCUT2D eigenvalue weighted by atomic mass is 9.99. The molecule has 13 heteroatoms. The molecule has 0 bridgehead atoms. The van der Waals surface area contributed by atoms with E-state index in [2.05, 4.69) is 15.8 Å². The molecule has 1 amide bonds. The first-order valence-corrected chi connectivity index (χ1v) is 18.2. The molecule has 2 heterocycles. The molecule has 12 nitrogen and oxygen atoms in total. The number of methoxy groups -OCH3 is 5. The summed E-state index contributed by atoms with van der Waals surface area (Å²) in [5.41, 5.74) is 4.64. The van der Waals surface area contributed by atoms with Crippen molar-refractivity contribution >= 4 is 28.9 Å². The third-order valence-electron chi connectivity index (χ3n) is 9.35. The molecule has 2 N–H and O–H groups in total. The Kier molecular flexibility index (Phi) is 12.8. The Hall–Kier alpha value is -5.49. The fraction of sp³-hybridized carbons (Fsp3) is 0.366. The van der Waals surface area contributed by atoms with Gasteiger partial charge >= 0.3 is 0 Å². The monoisotopic (exact) mass is 759 g/mol. The predicted octanol–water partition coefficient (Wildman–Crippen LogP) is 8.51. The van der Waals surface area contributed by atoms with E-state index in [0.29, 0.717) is 70.5 Å². The molecule has 0 fully saturated rings. The number of carbonyl (C=O) groups excluding carboxylic acids is 1. The molecule has 4 aromatic carbocycles. The van der Waals surface area contributed by atoms with E-state index in [4.69, 9.17) is 49.6 Å². The van der Waals surface area contributed by atoms with Crippen molar-refractivity contribution in [2.75, 3.05) is 54.1 Å². The summed E-state index contributed by atoms with van der Waals surface area (Å²) in [6, 6.07) is 20.5. The van der Waals surface area contributed by atoms with Crippen molar-refractivity contribution in [3.8, 4) is 40.2 Å². The van der Waals surface area contributed by atoms with Gasteiger partial charge in [0.1, 0.15) is 6.17 Å². The molecule has 286 valence electrons. The number of halogens is 1. The topological polar surface area (TPSA) is 127 Å². The third kappa shape index (κ3) is 8.82. The van der Waals surface area contributed by atoms with Gasteiger partial charge in [-0.1, -0.05) is 48.2 Å². The number of fused-ring (bicyclic) bond motifs is 1. The zero-order valence-electron chi connectivity index (χ0n) is 31.2. The van der Waals surface area contributed by atoms with Crippen LogP contribution in [0.15, 0.2) is 71.9 Å². The smallest absolute Gasteiger partial charge is 0.255 e. The second kappa shape index (κ2) is 18.0. The Balaban J connectivity index is 0.924. The van der Waals surface area contributed by atoms with Crippen LogP contribution in [0.25, 0.3) is 0 Å². The number of carbonyl (C=O) groups is 1. The van der Waals surface area contributed by atoms with E-state index in [1.54, 1.807) is 53.7 Å². The number of nitrogens with one attached hydrogen (secondary N) is 2. The molecular weight excluding hydrogens is 714 g/mol. The van der Waals surface area contributed by atoms with Crippen LogP contribution in [0.1, 0.15) is 77.8 Å². The summed E-state index contributed by atoms with van der Waals surface area (Å²) in [4.78, 5) is 18.5. The van der Waals surface area contributed by atoms with Crippen LogP contribution in [0.4, 0.5) is 5.69 Å². The van der Waals surface area contributed by atoms with Gasteiger partial charge in [-0.15, -0.1) is 0 Å². The molecule has 6 rings (SSSR count). The molecule has 0 saturated heterocycles. The molecule has 2 unspecified atom stereocenters. The minimum absolute atomic E-state index is 0.189. The lowest BCUT2D eigenvalue weighted by Gasteiger charge is -2.28. The van der Waals surface area contributed by atoms with Gasteiger partial charge in [-0.3, -0.25) is 4.79 Å². The second-order valence-electron chi connectivity index (χ2n) is 12.8. The molecule has 2 aliphatic heterocycles. The summed E-state index contributed by atoms with van der Waals surface area (Å²) in [5, 5.41) is 11.2. The maximum absolute atomic E-state index is 12.7. The maximum atomic E-state index is 12.7. The first-order chi connectivity index (χ1) is 26.3. The highest BCUT2D eigenvalue weighted by atomic mass is 35.5. The van der Waals surface area contributed by atoms with E-state index in [1.807, 2.05) is 48.5 Å². The van der Waals surface area contributed by atoms with Gasteiger partial charge in [-0.2, -0.15) is 0 Å². The van der Waals surface area contributed by atoms with Crippen molar-refractivity contribution < 1.29 is 42.8 Å². The van der Waals surface area contributed by atoms with Crippen molar-refractivity contribution in [1.29, 1.82) is 0 Å². The third-order valence-corrected chi connectivity index (χ3v) is 9.59. The Bertz CT molecular complexity index is 1950. The number of hydrogen-bond donors (Lipinski definition) is 2. The van der Waals surface area contributed by atoms with Crippen molar-refractivity contribution in [1.82, 2.24) is 5.32 Å². The molecule has 2 aliphatic rings. The van der Waals surface area contributed by atoms with Crippen molar-refractivity contribution in [2.45, 2.75) is 50.8 Å². The van der Waals surface area contributed by atoms with E-state index in [0.717, 1.165) is 60.2 Å². The molecule has 4 aromatic rings. The van der Waals surface area contributed by atoms with Crippen LogP contribution >= 0.6 is 11.6 Å². The highest BCUT2D eigenvalue weighted by Gasteiger charge is 2.28. The van der Waals surface area contributed by atoms with Gasteiger partial charge in [0.15, 0.2) is 40.6 Å². The fourth-order valence-corrected chi connectivity index (χ4v) is 6.63. The SMILES string of the molecule is COc1cc(C2NC(=O)c3cc(Cl)ccc3N2)ccc1OCCCCCCCOc1cc(C2CC(c3cc(OC)c(OC)c(OC)c3)=NO2)ccc1OC. The predicted molar refractivity (Wildman–Crippen MR) is 206 cm³/mol. The van der Waals surface area contributed by atoms with Gasteiger partial charge in [0.2, 0.25) is 5.75 Å². The highest BCUT2D eigenvalue weighted by Crippen LogP contribution is 2.41. The van der Waals surface area contributed by atoms with Crippen LogP contribution in [-0.2, 0) is 4.84 Å².